The molecule has 0 aliphatic carbocycles. The van der Waals surface area contributed by atoms with Gasteiger partial charge >= 0.3 is 0 Å². The third-order valence-corrected chi connectivity index (χ3v) is 3.65. The van der Waals surface area contributed by atoms with Crippen LogP contribution in [0.15, 0.2) is 22.7 Å². The van der Waals surface area contributed by atoms with Gasteiger partial charge in [0.2, 0.25) is 0 Å². The van der Waals surface area contributed by atoms with Gasteiger partial charge in [-0.1, -0.05) is 42.3 Å². The van der Waals surface area contributed by atoms with Gasteiger partial charge in [-0.05, 0) is 37.1 Å². The fraction of sp³-hybridized carbons (Fsp3) is 0.538. The van der Waals surface area contributed by atoms with Crippen LogP contribution >= 0.6 is 15.9 Å². The Balaban J connectivity index is 2.78. The monoisotopic (exact) mass is 287 g/mol. The second-order valence-corrected chi connectivity index (χ2v) is 5.14. The molecule has 2 unspecified atom stereocenters. The molecule has 2 atom stereocenters. The van der Waals surface area contributed by atoms with Crippen LogP contribution in [0.1, 0.15) is 25.8 Å². The van der Waals surface area contributed by atoms with Crippen LogP contribution in [0.5, 0.6) is 0 Å². The van der Waals surface area contributed by atoms with Gasteiger partial charge in [-0.15, -0.1) is 0 Å². The Hall–Kier alpha value is -0.410. The number of hydrogen-bond donors (Lipinski definition) is 1. The van der Waals surface area contributed by atoms with Crippen molar-refractivity contribution in [2.45, 2.75) is 32.7 Å². The van der Waals surface area contributed by atoms with Crippen molar-refractivity contribution in [2.24, 2.45) is 5.92 Å². The van der Waals surface area contributed by atoms with E-state index in [1.807, 2.05) is 19.2 Å². The molecule has 0 amide bonds. The molecule has 0 saturated heterocycles. The van der Waals surface area contributed by atoms with E-state index in [1.165, 1.54) is 6.07 Å². The third kappa shape index (κ3) is 3.56. The highest BCUT2D eigenvalue weighted by Gasteiger charge is 2.16. The molecular formula is C13H19BrFN. The van der Waals surface area contributed by atoms with E-state index in [9.17, 15) is 4.39 Å². The Bertz CT molecular complexity index is 341. The van der Waals surface area contributed by atoms with Gasteiger partial charge < -0.3 is 5.32 Å². The molecule has 1 N–H and O–H groups in total. The summed E-state index contributed by atoms with van der Waals surface area (Å²) < 4.78 is 14.4. The summed E-state index contributed by atoms with van der Waals surface area (Å²) in [5.74, 6) is 0.422. The predicted molar refractivity (Wildman–Crippen MR) is 70.1 cm³/mol. The van der Waals surface area contributed by atoms with Crippen molar-refractivity contribution in [1.29, 1.82) is 0 Å². The van der Waals surface area contributed by atoms with Crippen molar-refractivity contribution < 1.29 is 4.39 Å². The highest BCUT2D eigenvalue weighted by Crippen LogP contribution is 2.19. The van der Waals surface area contributed by atoms with Crippen LogP contribution < -0.4 is 5.32 Å². The van der Waals surface area contributed by atoms with Crippen LogP contribution in [0.2, 0.25) is 0 Å². The first-order valence-electron chi connectivity index (χ1n) is 5.69. The molecule has 16 heavy (non-hydrogen) atoms. The minimum atomic E-state index is -0.127. The van der Waals surface area contributed by atoms with Crippen LogP contribution in [0.3, 0.4) is 0 Å². The molecule has 0 aromatic heterocycles. The molecular weight excluding hydrogens is 269 g/mol. The highest BCUT2D eigenvalue weighted by molar-refractivity contribution is 9.10. The first-order valence-corrected chi connectivity index (χ1v) is 6.49. The SMILES string of the molecule is CCC(C)C(Cc1ccc(Br)cc1F)NC. The Morgan fingerprint density at radius 1 is 1.44 bits per heavy atom. The molecule has 1 aromatic rings. The Labute approximate surface area is 106 Å². The molecule has 0 fully saturated rings. The topological polar surface area (TPSA) is 12.0 Å². The lowest BCUT2D eigenvalue weighted by Gasteiger charge is -2.22. The standard InChI is InChI=1S/C13H19BrFN/c1-4-9(2)13(16-3)7-10-5-6-11(14)8-12(10)15/h5-6,8-9,13,16H,4,7H2,1-3H3. The summed E-state index contributed by atoms with van der Waals surface area (Å²) in [5.41, 5.74) is 0.780. The molecule has 1 rings (SSSR count). The number of halogens is 2. The van der Waals surface area contributed by atoms with Crippen LogP contribution in [-0.4, -0.2) is 13.1 Å². The van der Waals surface area contributed by atoms with E-state index in [1.54, 1.807) is 0 Å². The summed E-state index contributed by atoms with van der Waals surface area (Å²) in [6, 6.07) is 5.60. The first kappa shape index (κ1) is 13.7. The lowest BCUT2D eigenvalue weighted by molar-refractivity contribution is 0.382. The van der Waals surface area contributed by atoms with E-state index in [-0.39, 0.29) is 5.82 Å². The zero-order chi connectivity index (χ0) is 12.1. The molecule has 0 bridgehead atoms. The number of rotatable bonds is 5. The van der Waals surface area contributed by atoms with Crippen molar-refractivity contribution in [3.8, 4) is 0 Å². The van der Waals surface area contributed by atoms with E-state index < -0.39 is 0 Å². The molecule has 1 aromatic carbocycles. The van der Waals surface area contributed by atoms with Crippen LogP contribution in [0.25, 0.3) is 0 Å². The summed E-state index contributed by atoms with van der Waals surface area (Å²) in [5, 5.41) is 3.26. The first-order chi connectivity index (χ1) is 7.58. The fourth-order valence-corrected chi connectivity index (χ4v) is 2.13. The summed E-state index contributed by atoms with van der Waals surface area (Å²) in [6.45, 7) is 4.35. The quantitative estimate of drug-likeness (QED) is 0.869. The van der Waals surface area contributed by atoms with Gasteiger partial charge in [-0.3, -0.25) is 0 Å². The van der Waals surface area contributed by atoms with Crippen LogP contribution in [-0.2, 0) is 6.42 Å². The predicted octanol–water partition coefficient (Wildman–Crippen LogP) is 3.76. The van der Waals surface area contributed by atoms with Gasteiger partial charge in [-0.2, -0.15) is 0 Å². The van der Waals surface area contributed by atoms with Crippen LogP contribution in [0, 0.1) is 11.7 Å². The van der Waals surface area contributed by atoms with Crippen molar-refractivity contribution >= 4 is 15.9 Å². The molecule has 3 heteroatoms. The lowest BCUT2D eigenvalue weighted by atomic mass is 9.93. The minimum absolute atomic E-state index is 0.127. The molecule has 0 heterocycles. The second-order valence-electron chi connectivity index (χ2n) is 4.22. The molecule has 0 aliphatic rings. The van der Waals surface area contributed by atoms with E-state index >= 15 is 0 Å². The number of benzene rings is 1. The maximum atomic E-state index is 13.7. The van der Waals surface area contributed by atoms with E-state index in [0.29, 0.717) is 12.0 Å². The average Bonchev–Trinajstić information content (AvgIpc) is 2.27. The largest absolute Gasteiger partial charge is 0.316 e. The lowest BCUT2D eigenvalue weighted by Crippen LogP contribution is -2.34. The van der Waals surface area contributed by atoms with Gasteiger partial charge in [0.25, 0.3) is 0 Å². The summed E-state index contributed by atoms with van der Waals surface area (Å²) in [6.07, 6.45) is 1.84. The Morgan fingerprint density at radius 2 is 2.12 bits per heavy atom. The van der Waals surface area contributed by atoms with Crippen molar-refractivity contribution in [3.63, 3.8) is 0 Å². The molecule has 1 nitrogen and oxygen atoms in total. The zero-order valence-electron chi connectivity index (χ0n) is 10.1. The van der Waals surface area contributed by atoms with E-state index in [2.05, 4.69) is 35.1 Å². The Morgan fingerprint density at radius 3 is 2.62 bits per heavy atom. The van der Waals surface area contributed by atoms with Gasteiger partial charge in [0.1, 0.15) is 5.82 Å². The molecule has 90 valence electrons. The number of hydrogen-bond acceptors (Lipinski definition) is 1. The number of nitrogens with one attached hydrogen (secondary N) is 1. The molecule has 0 aliphatic heterocycles. The van der Waals surface area contributed by atoms with Gasteiger partial charge in [0.15, 0.2) is 0 Å². The summed E-state index contributed by atoms with van der Waals surface area (Å²) in [7, 11) is 1.94. The zero-order valence-corrected chi connectivity index (χ0v) is 11.6. The van der Waals surface area contributed by atoms with E-state index in [0.717, 1.165) is 22.9 Å². The maximum absolute atomic E-state index is 13.7. The summed E-state index contributed by atoms with van der Waals surface area (Å²) >= 11 is 3.27. The molecule has 0 radical (unpaired) electrons. The van der Waals surface area contributed by atoms with Crippen molar-refractivity contribution in [1.82, 2.24) is 5.32 Å². The fourth-order valence-electron chi connectivity index (χ4n) is 1.80. The smallest absolute Gasteiger partial charge is 0.127 e. The third-order valence-electron chi connectivity index (χ3n) is 3.16. The van der Waals surface area contributed by atoms with Crippen molar-refractivity contribution in [2.75, 3.05) is 7.05 Å². The minimum Gasteiger partial charge on any atom is -0.316 e. The van der Waals surface area contributed by atoms with Gasteiger partial charge in [-0.25, -0.2) is 4.39 Å². The van der Waals surface area contributed by atoms with Gasteiger partial charge in [0, 0.05) is 10.5 Å². The van der Waals surface area contributed by atoms with Crippen molar-refractivity contribution in [3.05, 3.63) is 34.1 Å². The highest BCUT2D eigenvalue weighted by atomic mass is 79.9. The summed E-state index contributed by atoms with van der Waals surface area (Å²) in [4.78, 5) is 0. The normalized spacial score (nSPS) is 14.8. The van der Waals surface area contributed by atoms with Crippen LogP contribution in [0.4, 0.5) is 4.39 Å². The second kappa shape index (κ2) is 6.36. The molecule has 0 spiro atoms. The van der Waals surface area contributed by atoms with Gasteiger partial charge in [0.05, 0.1) is 0 Å². The number of likely N-dealkylation sites (N-methyl/N-ethyl adjacent to an activating group) is 1. The average molecular weight is 288 g/mol. The maximum Gasteiger partial charge on any atom is 0.127 e. The Kier molecular flexibility index (Phi) is 5.42. The van der Waals surface area contributed by atoms with E-state index in [4.69, 9.17) is 0 Å². The molecule has 0 saturated carbocycles.